The van der Waals surface area contributed by atoms with E-state index in [0.29, 0.717) is 0 Å². The first kappa shape index (κ1) is 73.8. The molecule has 0 saturated carbocycles. The first-order valence-corrected chi connectivity index (χ1v) is 44.1. The van der Waals surface area contributed by atoms with Gasteiger partial charge in [-0.3, -0.25) is 0 Å². The van der Waals surface area contributed by atoms with E-state index >= 15 is 0 Å². The van der Waals surface area contributed by atoms with Gasteiger partial charge in [-0.2, -0.15) is 0 Å². The van der Waals surface area contributed by atoms with Crippen LogP contribution in [0, 0.1) is 0 Å². The molecule has 0 atom stereocenters. The second kappa shape index (κ2) is 30.5. The second-order valence-corrected chi connectivity index (χ2v) is 33.7. The normalized spacial score (nSPS) is 12.2. The van der Waals surface area contributed by atoms with Crippen LogP contribution in [0.25, 0.3) is 141 Å². The van der Waals surface area contributed by atoms with Crippen LogP contribution in [-0.4, -0.2) is 9.13 Å². The highest BCUT2D eigenvalue weighted by Crippen LogP contribution is 2.56. The highest BCUT2D eigenvalue weighted by atomic mass is 32.1. The topological polar surface area (TPSA) is 54.4 Å². The van der Waals surface area contributed by atoms with Crippen molar-refractivity contribution in [3.05, 3.63) is 461 Å². The van der Waals surface area contributed by atoms with Crippen LogP contribution >= 0.6 is 11.3 Å². The van der Waals surface area contributed by atoms with Crippen molar-refractivity contribution in [3.63, 3.8) is 0 Å². The van der Waals surface area contributed by atoms with Gasteiger partial charge < -0.3 is 42.6 Å². The lowest BCUT2D eigenvalue weighted by atomic mass is 10.0. The van der Waals surface area contributed by atoms with Gasteiger partial charge in [-0.15, -0.1) is 11.3 Å². The van der Waals surface area contributed by atoms with Crippen LogP contribution in [0.3, 0.4) is 0 Å². The van der Waals surface area contributed by atoms with E-state index in [-0.39, 0.29) is 0 Å². The lowest BCUT2D eigenvalue weighted by Crippen LogP contribution is -2.17. The fraction of sp³-hybridized carbons (Fsp3) is 0. The predicted octanol–water partition coefficient (Wildman–Crippen LogP) is 34.1. The van der Waals surface area contributed by atoms with Gasteiger partial charge in [0.2, 0.25) is 0 Å². The molecule has 0 radical (unpaired) electrons. The van der Waals surface area contributed by atoms with Crippen LogP contribution in [0.2, 0.25) is 0 Å². The van der Waals surface area contributed by atoms with Crippen LogP contribution in [0.15, 0.2) is 465 Å². The van der Waals surface area contributed by atoms with Crippen LogP contribution < -0.4 is 29.1 Å². The summed E-state index contributed by atoms with van der Waals surface area (Å²) in [4.78, 5) is 9.51. The smallest absolute Gasteiger partial charge is 0.151 e. The number of fused-ring (bicyclic) bond motifs is 17. The molecule has 2 aliphatic rings. The van der Waals surface area contributed by atoms with Gasteiger partial charge in [0.15, 0.2) is 23.0 Å². The molecule has 6 heterocycles. The highest BCUT2D eigenvalue weighted by Gasteiger charge is 2.32. The molecular formula is C118H76N6O3S. The molecule has 0 bridgehead atoms. The standard InChI is InChI=1S/C60H39N3O2.C58H37N3OS/c1-2-14-40(15-3-1)41-26-31-44(32-27-41)61(45-33-28-42(29-34-45)43-30-35-58-52(36-43)51-18-6-11-23-57(51)64-58)46-37-47(62-53-19-7-4-16-49(53)50-17-5-8-20-54(50)62)39-48(38-46)63-55-21-9-12-24-59(55)65-60-25-13-10-22-56(60)63;1-2-17-44-38(15-1)16-13-27-50(44)59(40-33-31-39(32-34-40)45-21-14-22-49-48-20-5-12-30-57(48)63-58(45)49)41-35-42(60-51-23-6-3-18-46(51)47-19-4-7-24-52(47)60)37-43(36-41)61-53-25-8-10-28-55(53)62-56-29-11-9-26-54(56)61/h1-39H;1-37H. The van der Waals surface area contributed by atoms with E-state index in [1.807, 2.05) is 59.9 Å². The zero-order chi connectivity index (χ0) is 84.3. The maximum atomic E-state index is 6.55. The van der Waals surface area contributed by atoms with Gasteiger partial charge in [0, 0.05) is 74.9 Å². The summed E-state index contributed by atoms with van der Waals surface area (Å²) in [6.07, 6.45) is 0. The molecule has 0 amide bonds. The minimum absolute atomic E-state index is 0.806. The molecule has 0 fully saturated rings. The van der Waals surface area contributed by atoms with Crippen molar-refractivity contribution in [1.29, 1.82) is 0 Å². The van der Waals surface area contributed by atoms with Crippen LogP contribution in [0.4, 0.5) is 68.2 Å². The van der Waals surface area contributed by atoms with Crippen molar-refractivity contribution in [1.82, 2.24) is 9.13 Å². The third-order valence-electron chi connectivity index (χ3n) is 25.3. The number of hydrogen-bond donors (Lipinski definition) is 0. The molecule has 9 nitrogen and oxygen atoms in total. The first-order valence-electron chi connectivity index (χ1n) is 43.3. The van der Waals surface area contributed by atoms with E-state index in [0.717, 1.165) is 163 Å². The summed E-state index contributed by atoms with van der Waals surface area (Å²) in [6.45, 7) is 0. The maximum Gasteiger partial charge on any atom is 0.151 e. The lowest BCUT2D eigenvalue weighted by molar-refractivity contribution is 0.477. The molecule has 0 aliphatic carbocycles. The van der Waals surface area contributed by atoms with Crippen molar-refractivity contribution in [2.75, 3.05) is 19.6 Å². The number of hydrogen-bond acceptors (Lipinski definition) is 8. The Morgan fingerprint density at radius 1 is 0.219 bits per heavy atom. The number of ether oxygens (including phenoxy) is 2. The van der Waals surface area contributed by atoms with E-state index < -0.39 is 0 Å². The Bertz CT molecular complexity index is 8300. The molecule has 2 aliphatic heterocycles. The molecule has 0 spiro atoms. The Labute approximate surface area is 742 Å². The summed E-state index contributed by atoms with van der Waals surface area (Å²) < 4.78 is 26.7. The zero-order valence-electron chi connectivity index (χ0n) is 69.2. The summed E-state index contributed by atoms with van der Waals surface area (Å²) in [7, 11) is 0. The van der Waals surface area contributed by atoms with Gasteiger partial charge in [-0.25, -0.2) is 0 Å². The predicted molar refractivity (Wildman–Crippen MR) is 534 cm³/mol. The number of furan rings is 1. The molecule has 602 valence electrons. The molecule has 0 N–H and O–H groups in total. The minimum Gasteiger partial charge on any atom is -0.456 e. The molecule has 10 heteroatoms. The molecule has 128 heavy (non-hydrogen) atoms. The largest absolute Gasteiger partial charge is 0.456 e. The van der Waals surface area contributed by atoms with E-state index in [1.165, 1.54) is 69.2 Å². The van der Waals surface area contributed by atoms with E-state index in [1.54, 1.807) is 0 Å². The summed E-state index contributed by atoms with van der Waals surface area (Å²) in [5, 5.41) is 12.1. The van der Waals surface area contributed by atoms with E-state index in [9.17, 15) is 0 Å². The molecule has 26 rings (SSSR count). The number of anilines is 12. The molecule has 20 aromatic carbocycles. The monoisotopic (exact) mass is 1660 g/mol. The van der Waals surface area contributed by atoms with Gasteiger partial charge in [0.05, 0.1) is 84.6 Å². The SMILES string of the molecule is c1ccc(-c2ccc(N(c3ccc(-c4ccc5oc6ccccc6c5c4)cc3)c3cc(N4c5ccccc5Oc5ccccc54)cc(-n4c5ccccc5c5ccccc54)c3)cc2)cc1.c1ccc2c(c1)Oc1ccccc1N2c1cc(N(c2ccc(-c3cccc4c3sc3ccccc34)cc2)c2cccc3ccccc23)cc(-n2c3ccccc3c3ccccc32)c1. The second-order valence-electron chi connectivity index (χ2n) is 32.7. The summed E-state index contributed by atoms with van der Waals surface area (Å²) in [5.41, 5.74) is 27.7. The van der Waals surface area contributed by atoms with Crippen LogP contribution in [0.1, 0.15) is 0 Å². The van der Waals surface area contributed by atoms with E-state index in [2.05, 4.69) is 441 Å². The fourth-order valence-electron chi connectivity index (χ4n) is 19.5. The zero-order valence-corrected chi connectivity index (χ0v) is 70.0. The van der Waals surface area contributed by atoms with Gasteiger partial charge in [-0.05, 0) is 215 Å². The maximum absolute atomic E-state index is 6.55. The summed E-state index contributed by atoms with van der Waals surface area (Å²) in [5.74, 6) is 3.24. The van der Waals surface area contributed by atoms with Crippen LogP contribution in [-0.2, 0) is 0 Å². The first-order chi connectivity index (χ1) is 63.5. The van der Waals surface area contributed by atoms with Crippen molar-refractivity contribution in [2.45, 2.75) is 0 Å². The summed E-state index contributed by atoms with van der Waals surface area (Å²) >= 11 is 1.87. The molecule has 0 saturated heterocycles. The quantitative estimate of drug-likeness (QED) is 0.114. The Hall–Kier alpha value is -16.9. The summed E-state index contributed by atoms with van der Waals surface area (Å²) in [6, 6.07) is 165. The fourth-order valence-corrected chi connectivity index (χ4v) is 20.7. The number of rotatable bonds is 13. The van der Waals surface area contributed by atoms with Gasteiger partial charge in [0.25, 0.3) is 0 Å². The van der Waals surface area contributed by atoms with Crippen molar-refractivity contribution in [2.24, 2.45) is 0 Å². The van der Waals surface area contributed by atoms with Gasteiger partial charge in [-0.1, -0.05) is 285 Å². The average Bonchev–Trinajstić information content (AvgIpc) is 1.50. The van der Waals surface area contributed by atoms with Crippen molar-refractivity contribution < 1.29 is 13.9 Å². The number of nitrogens with zero attached hydrogens (tertiary/aromatic N) is 6. The Balaban J connectivity index is 0.000000139. The van der Waals surface area contributed by atoms with Gasteiger partial charge in [0.1, 0.15) is 11.2 Å². The third-order valence-corrected chi connectivity index (χ3v) is 26.5. The number of benzene rings is 20. The Kier molecular flexibility index (Phi) is 17.6. The Morgan fingerprint density at radius 2 is 0.594 bits per heavy atom. The minimum atomic E-state index is 0.806. The lowest BCUT2D eigenvalue weighted by Gasteiger charge is -2.34. The highest BCUT2D eigenvalue weighted by molar-refractivity contribution is 7.26. The molecule has 4 aromatic heterocycles. The number of thiophene rings is 1. The molecule has 0 unspecified atom stereocenters. The van der Waals surface area contributed by atoms with Crippen molar-refractivity contribution in [3.8, 4) is 67.8 Å². The Morgan fingerprint density at radius 3 is 1.13 bits per heavy atom. The third kappa shape index (κ3) is 12.5. The van der Waals surface area contributed by atoms with Crippen LogP contribution in [0.5, 0.6) is 23.0 Å². The molecule has 24 aromatic rings. The number of aromatic nitrogens is 2. The van der Waals surface area contributed by atoms with E-state index in [4.69, 9.17) is 13.9 Å². The number of para-hydroxylation sites is 13. The molecular weight excluding hydrogens is 1580 g/mol. The van der Waals surface area contributed by atoms with Crippen molar-refractivity contribution >= 4 is 176 Å². The average molecular weight is 1660 g/mol. The van der Waals surface area contributed by atoms with Gasteiger partial charge >= 0.3 is 0 Å².